The van der Waals surface area contributed by atoms with E-state index in [9.17, 15) is 4.79 Å². The second-order valence-electron chi connectivity index (χ2n) is 7.56. The van der Waals surface area contributed by atoms with E-state index < -0.39 is 0 Å². The summed E-state index contributed by atoms with van der Waals surface area (Å²) in [6.45, 7) is 9.27. The molecule has 3 unspecified atom stereocenters. The summed E-state index contributed by atoms with van der Waals surface area (Å²) < 4.78 is 5.88. The van der Waals surface area contributed by atoms with Crippen LogP contribution in [0.1, 0.15) is 53.4 Å². The monoisotopic (exact) mass is 317 g/mol. The maximum Gasteiger partial charge on any atom is 0.325 e. The van der Waals surface area contributed by atoms with Gasteiger partial charge in [0.25, 0.3) is 0 Å². The van der Waals surface area contributed by atoms with Gasteiger partial charge in [-0.25, -0.2) is 0 Å². The molecule has 1 saturated carbocycles. The molecule has 0 radical (unpaired) electrons. The Balaban J connectivity index is 1.92. The first kappa shape index (κ1) is 17.8. The zero-order valence-corrected chi connectivity index (χ0v) is 15.0. The predicted molar refractivity (Wildman–Crippen MR) is 95.4 cm³/mol. The van der Waals surface area contributed by atoms with Crippen LogP contribution in [0.25, 0.3) is 0 Å². The van der Waals surface area contributed by atoms with Crippen molar-refractivity contribution in [3.8, 4) is 0 Å². The third-order valence-corrected chi connectivity index (χ3v) is 5.46. The molecule has 0 bridgehead atoms. The first-order chi connectivity index (χ1) is 10.9. The second kappa shape index (κ2) is 7.85. The van der Waals surface area contributed by atoms with Gasteiger partial charge in [0.05, 0.1) is 0 Å². The summed E-state index contributed by atoms with van der Waals surface area (Å²) in [7, 11) is 0. The van der Waals surface area contributed by atoms with Crippen molar-refractivity contribution >= 4 is 11.7 Å². The summed E-state index contributed by atoms with van der Waals surface area (Å²) in [5.74, 6) is 0.886. The molecule has 3 atom stereocenters. The minimum absolute atomic E-state index is 0.0544. The molecule has 23 heavy (non-hydrogen) atoms. The Kier molecular flexibility index (Phi) is 6.09. The summed E-state index contributed by atoms with van der Waals surface area (Å²) in [5.41, 5.74) is 1.26. The van der Waals surface area contributed by atoms with Crippen LogP contribution in [0.3, 0.4) is 0 Å². The minimum Gasteiger partial charge on any atom is -0.461 e. The van der Waals surface area contributed by atoms with Gasteiger partial charge < -0.3 is 10.1 Å². The quantitative estimate of drug-likeness (QED) is 0.760. The molecule has 0 saturated heterocycles. The molecule has 0 heterocycles. The van der Waals surface area contributed by atoms with Gasteiger partial charge in [0.2, 0.25) is 0 Å². The van der Waals surface area contributed by atoms with Gasteiger partial charge in [-0.2, -0.15) is 0 Å². The molecular weight excluding hydrogens is 286 g/mol. The van der Waals surface area contributed by atoms with Crippen molar-refractivity contribution in [3.63, 3.8) is 0 Å². The van der Waals surface area contributed by atoms with Crippen LogP contribution in [0.5, 0.6) is 0 Å². The van der Waals surface area contributed by atoms with Crippen LogP contribution in [0.4, 0.5) is 5.69 Å². The predicted octanol–water partition coefficient (Wildman–Crippen LogP) is 4.88. The molecule has 3 heteroatoms. The highest BCUT2D eigenvalue weighted by atomic mass is 16.5. The fourth-order valence-corrected chi connectivity index (χ4v) is 3.59. The summed E-state index contributed by atoms with van der Waals surface area (Å²) in [4.78, 5) is 12.3. The van der Waals surface area contributed by atoms with E-state index in [-0.39, 0.29) is 18.6 Å². The molecule has 1 fully saturated rings. The highest BCUT2D eigenvalue weighted by Gasteiger charge is 2.39. The Morgan fingerprint density at radius 3 is 2.65 bits per heavy atom. The standard InChI is InChI=1S/C20H31NO2/c1-5-20(4)12-11-17(15(2)3)18(13-20)23-19(22)14-21-16-9-7-6-8-10-16/h6-10,15,17-18,21H,5,11-14H2,1-4H3. The molecule has 1 aliphatic carbocycles. The number of ether oxygens (including phenoxy) is 1. The van der Waals surface area contributed by atoms with Crippen LogP contribution in [-0.4, -0.2) is 18.6 Å². The third kappa shape index (κ3) is 4.98. The number of rotatable bonds is 6. The first-order valence-electron chi connectivity index (χ1n) is 8.92. The van der Waals surface area contributed by atoms with Gasteiger partial charge in [0.15, 0.2) is 0 Å². The number of carbonyl (C=O) groups is 1. The molecule has 0 aliphatic heterocycles. The van der Waals surface area contributed by atoms with E-state index in [4.69, 9.17) is 4.74 Å². The van der Waals surface area contributed by atoms with Crippen LogP contribution >= 0.6 is 0 Å². The van der Waals surface area contributed by atoms with Gasteiger partial charge in [-0.05, 0) is 48.6 Å². The summed E-state index contributed by atoms with van der Waals surface area (Å²) >= 11 is 0. The molecule has 0 amide bonds. The number of para-hydroxylation sites is 1. The van der Waals surface area contributed by atoms with Crippen LogP contribution in [0.15, 0.2) is 30.3 Å². The third-order valence-electron chi connectivity index (χ3n) is 5.46. The maximum absolute atomic E-state index is 12.3. The van der Waals surface area contributed by atoms with Crippen LogP contribution < -0.4 is 5.32 Å². The molecular formula is C20H31NO2. The van der Waals surface area contributed by atoms with Gasteiger partial charge in [-0.15, -0.1) is 0 Å². The van der Waals surface area contributed by atoms with E-state index in [1.807, 2.05) is 30.3 Å². The topological polar surface area (TPSA) is 38.3 Å². The van der Waals surface area contributed by atoms with Crippen LogP contribution in [0, 0.1) is 17.3 Å². The van der Waals surface area contributed by atoms with Gasteiger partial charge in [0, 0.05) is 5.69 Å². The number of hydrogen-bond donors (Lipinski definition) is 1. The zero-order chi connectivity index (χ0) is 16.9. The lowest BCUT2D eigenvalue weighted by atomic mass is 9.66. The molecule has 1 N–H and O–H groups in total. The molecule has 0 spiro atoms. The molecule has 1 aromatic carbocycles. The van der Waals surface area contributed by atoms with E-state index in [0.29, 0.717) is 17.3 Å². The average Bonchev–Trinajstić information content (AvgIpc) is 2.54. The van der Waals surface area contributed by atoms with Crippen molar-refractivity contribution in [2.45, 2.75) is 59.5 Å². The number of hydrogen-bond acceptors (Lipinski definition) is 3. The van der Waals surface area contributed by atoms with Crippen LogP contribution in [-0.2, 0) is 9.53 Å². The number of benzene rings is 1. The summed E-state index contributed by atoms with van der Waals surface area (Å²) in [6, 6.07) is 9.79. The maximum atomic E-state index is 12.3. The fourth-order valence-electron chi connectivity index (χ4n) is 3.59. The van der Waals surface area contributed by atoms with E-state index >= 15 is 0 Å². The molecule has 3 nitrogen and oxygen atoms in total. The molecule has 1 aliphatic rings. The highest BCUT2D eigenvalue weighted by Crippen LogP contribution is 2.44. The Labute approximate surface area is 140 Å². The Morgan fingerprint density at radius 1 is 1.35 bits per heavy atom. The lowest BCUT2D eigenvalue weighted by molar-refractivity contribution is -0.156. The molecule has 0 aromatic heterocycles. The lowest BCUT2D eigenvalue weighted by Crippen LogP contribution is -2.41. The van der Waals surface area contributed by atoms with Crippen molar-refractivity contribution in [3.05, 3.63) is 30.3 Å². The number of nitrogens with one attached hydrogen (secondary N) is 1. The Bertz CT molecular complexity index is 500. The van der Waals surface area contributed by atoms with Gasteiger partial charge >= 0.3 is 5.97 Å². The van der Waals surface area contributed by atoms with Gasteiger partial charge in [0.1, 0.15) is 12.6 Å². The van der Waals surface area contributed by atoms with Gasteiger partial charge in [-0.1, -0.05) is 52.3 Å². The summed E-state index contributed by atoms with van der Waals surface area (Å²) in [6.07, 6.45) is 4.59. The van der Waals surface area contributed by atoms with Crippen molar-refractivity contribution in [2.24, 2.45) is 17.3 Å². The first-order valence-corrected chi connectivity index (χ1v) is 8.92. The second-order valence-corrected chi connectivity index (χ2v) is 7.56. The van der Waals surface area contributed by atoms with Crippen LogP contribution in [0.2, 0.25) is 0 Å². The Hall–Kier alpha value is -1.51. The van der Waals surface area contributed by atoms with Gasteiger partial charge in [-0.3, -0.25) is 4.79 Å². The normalized spacial score (nSPS) is 27.7. The number of esters is 1. The molecule has 2 rings (SSSR count). The molecule has 1 aromatic rings. The average molecular weight is 317 g/mol. The molecule has 128 valence electrons. The SMILES string of the molecule is CCC1(C)CCC(C(C)C)C(OC(=O)CNc2ccccc2)C1. The van der Waals surface area contributed by atoms with E-state index in [2.05, 4.69) is 33.0 Å². The highest BCUT2D eigenvalue weighted by molar-refractivity contribution is 5.75. The number of carbonyl (C=O) groups excluding carboxylic acids is 1. The van der Waals surface area contributed by atoms with E-state index in [1.54, 1.807) is 0 Å². The van der Waals surface area contributed by atoms with E-state index in [0.717, 1.165) is 24.9 Å². The number of anilines is 1. The van der Waals surface area contributed by atoms with Crippen molar-refractivity contribution in [2.75, 3.05) is 11.9 Å². The van der Waals surface area contributed by atoms with Crippen molar-refractivity contribution < 1.29 is 9.53 Å². The lowest BCUT2D eigenvalue weighted by Gasteiger charge is -2.43. The van der Waals surface area contributed by atoms with Crippen molar-refractivity contribution in [1.29, 1.82) is 0 Å². The fraction of sp³-hybridized carbons (Fsp3) is 0.650. The van der Waals surface area contributed by atoms with Crippen molar-refractivity contribution in [1.82, 2.24) is 0 Å². The smallest absolute Gasteiger partial charge is 0.325 e. The largest absolute Gasteiger partial charge is 0.461 e. The zero-order valence-electron chi connectivity index (χ0n) is 15.0. The minimum atomic E-state index is -0.148. The Morgan fingerprint density at radius 2 is 2.04 bits per heavy atom. The van der Waals surface area contributed by atoms with E-state index in [1.165, 1.54) is 6.42 Å². The summed E-state index contributed by atoms with van der Waals surface area (Å²) in [5, 5.41) is 3.14.